The van der Waals surface area contributed by atoms with Gasteiger partial charge in [0.15, 0.2) is 0 Å². The van der Waals surface area contributed by atoms with Gasteiger partial charge in [-0.1, -0.05) is 109 Å². The van der Waals surface area contributed by atoms with E-state index >= 15 is 0 Å². The van der Waals surface area contributed by atoms with E-state index in [9.17, 15) is 4.79 Å². The summed E-state index contributed by atoms with van der Waals surface area (Å²) in [5.41, 5.74) is 6.01. The Balaban J connectivity index is 1.95. The SMILES string of the molecule is Cc1ccc(-c2nc(=O)c(-c3ccccc3)c(-c3ccccc3)n2-c2ccccc2)cc1. The zero-order valence-electron chi connectivity index (χ0n) is 17.8. The van der Waals surface area contributed by atoms with Crippen molar-refractivity contribution in [2.24, 2.45) is 0 Å². The minimum absolute atomic E-state index is 0.238. The number of nitrogens with zero attached hydrogens (tertiary/aromatic N) is 2. The van der Waals surface area contributed by atoms with Gasteiger partial charge in [0.05, 0.1) is 11.3 Å². The number of hydrogen-bond donors (Lipinski definition) is 0. The lowest BCUT2D eigenvalue weighted by Crippen LogP contribution is -2.19. The molecule has 5 rings (SSSR count). The van der Waals surface area contributed by atoms with E-state index in [2.05, 4.69) is 16.5 Å². The number of hydrogen-bond acceptors (Lipinski definition) is 2. The first-order chi connectivity index (χ1) is 15.7. The number of rotatable bonds is 4. The van der Waals surface area contributed by atoms with Gasteiger partial charge in [0.2, 0.25) is 0 Å². The third-order valence-electron chi connectivity index (χ3n) is 5.53. The van der Waals surface area contributed by atoms with Gasteiger partial charge < -0.3 is 0 Å². The third-order valence-corrected chi connectivity index (χ3v) is 5.53. The summed E-state index contributed by atoms with van der Waals surface area (Å²) in [6, 6.07) is 38.1. The molecule has 0 aliphatic rings. The Labute approximate surface area is 187 Å². The van der Waals surface area contributed by atoms with Gasteiger partial charge in [-0.15, -0.1) is 0 Å². The van der Waals surface area contributed by atoms with E-state index in [1.54, 1.807) is 0 Å². The van der Waals surface area contributed by atoms with Crippen LogP contribution in [0.5, 0.6) is 0 Å². The highest BCUT2D eigenvalue weighted by Crippen LogP contribution is 2.34. The second-order valence-electron chi connectivity index (χ2n) is 7.73. The van der Waals surface area contributed by atoms with E-state index in [4.69, 9.17) is 0 Å². The lowest BCUT2D eigenvalue weighted by Gasteiger charge is -2.21. The molecule has 32 heavy (non-hydrogen) atoms. The van der Waals surface area contributed by atoms with Gasteiger partial charge in [0, 0.05) is 11.3 Å². The highest BCUT2D eigenvalue weighted by molar-refractivity contribution is 5.83. The standard InChI is InChI=1S/C29H22N2O/c1-21-17-19-24(20-18-21)28-30-29(32)26(22-11-5-2-6-12-22)27(23-13-7-3-8-14-23)31(28)25-15-9-4-10-16-25/h2-20H,1H3. The van der Waals surface area contributed by atoms with Crippen molar-refractivity contribution in [2.75, 3.05) is 0 Å². The Morgan fingerprint density at radius 1 is 0.594 bits per heavy atom. The van der Waals surface area contributed by atoms with Crippen LogP contribution in [0.2, 0.25) is 0 Å². The zero-order chi connectivity index (χ0) is 21.9. The van der Waals surface area contributed by atoms with Gasteiger partial charge in [0.1, 0.15) is 5.82 Å². The molecule has 154 valence electrons. The molecule has 4 aromatic carbocycles. The van der Waals surface area contributed by atoms with E-state index in [0.717, 1.165) is 33.6 Å². The van der Waals surface area contributed by atoms with Crippen LogP contribution in [0, 0.1) is 6.92 Å². The normalized spacial score (nSPS) is 10.8. The van der Waals surface area contributed by atoms with Crippen molar-refractivity contribution in [3.63, 3.8) is 0 Å². The van der Waals surface area contributed by atoms with Gasteiger partial charge in [-0.25, -0.2) is 0 Å². The third kappa shape index (κ3) is 3.65. The molecule has 1 aromatic heterocycles. The molecule has 0 saturated heterocycles. The zero-order valence-corrected chi connectivity index (χ0v) is 17.8. The van der Waals surface area contributed by atoms with Crippen molar-refractivity contribution in [1.82, 2.24) is 9.55 Å². The van der Waals surface area contributed by atoms with Crippen molar-refractivity contribution < 1.29 is 0 Å². The molecule has 0 radical (unpaired) electrons. The Bertz CT molecular complexity index is 1410. The monoisotopic (exact) mass is 414 g/mol. The fourth-order valence-electron chi connectivity index (χ4n) is 3.98. The molecule has 3 nitrogen and oxygen atoms in total. The Morgan fingerprint density at radius 3 is 1.72 bits per heavy atom. The van der Waals surface area contributed by atoms with Crippen LogP contribution in [0.3, 0.4) is 0 Å². The quantitative estimate of drug-likeness (QED) is 0.335. The van der Waals surface area contributed by atoms with Crippen molar-refractivity contribution in [3.8, 4) is 39.5 Å². The predicted octanol–water partition coefficient (Wildman–Crippen LogP) is 6.54. The summed E-state index contributed by atoms with van der Waals surface area (Å²) in [6.45, 7) is 2.05. The summed E-state index contributed by atoms with van der Waals surface area (Å²) in [6.07, 6.45) is 0. The maximum absolute atomic E-state index is 13.5. The van der Waals surface area contributed by atoms with Crippen molar-refractivity contribution in [3.05, 3.63) is 131 Å². The highest BCUT2D eigenvalue weighted by atomic mass is 16.1. The lowest BCUT2D eigenvalue weighted by atomic mass is 9.98. The van der Waals surface area contributed by atoms with Gasteiger partial charge >= 0.3 is 0 Å². The predicted molar refractivity (Wildman–Crippen MR) is 131 cm³/mol. The second kappa shape index (κ2) is 8.48. The molecular weight excluding hydrogens is 392 g/mol. The Morgan fingerprint density at radius 2 is 1.12 bits per heavy atom. The molecule has 0 bridgehead atoms. The van der Waals surface area contributed by atoms with E-state index in [1.165, 1.54) is 0 Å². The second-order valence-corrected chi connectivity index (χ2v) is 7.73. The molecule has 0 fully saturated rings. The van der Waals surface area contributed by atoms with Crippen LogP contribution >= 0.6 is 0 Å². The molecule has 5 aromatic rings. The van der Waals surface area contributed by atoms with Gasteiger partial charge in [0.25, 0.3) is 5.56 Å². The van der Waals surface area contributed by atoms with E-state index in [0.29, 0.717) is 11.4 Å². The minimum Gasteiger partial charge on any atom is -0.293 e. The lowest BCUT2D eigenvalue weighted by molar-refractivity contribution is 0.988. The van der Waals surface area contributed by atoms with Crippen LogP contribution in [0.25, 0.3) is 39.5 Å². The van der Waals surface area contributed by atoms with Crippen LogP contribution < -0.4 is 5.56 Å². The van der Waals surface area contributed by atoms with Crippen LogP contribution in [-0.4, -0.2) is 9.55 Å². The molecule has 0 atom stereocenters. The average Bonchev–Trinajstić information content (AvgIpc) is 2.85. The summed E-state index contributed by atoms with van der Waals surface area (Å²) < 4.78 is 2.10. The van der Waals surface area contributed by atoms with E-state index < -0.39 is 0 Å². The summed E-state index contributed by atoms with van der Waals surface area (Å²) >= 11 is 0. The molecule has 1 heterocycles. The molecule has 0 amide bonds. The van der Waals surface area contributed by atoms with Crippen LogP contribution in [0.15, 0.2) is 120 Å². The number of aromatic nitrogens is 2. The van der Waals surface area contributed by atoms with Crippen LogP contribution in [-0.2, 0) is 0 Å². The summed E-state index contributed by atoms with van der Waals surface area (Å²) in [4.78, 5) is 18.2. The first kappa shape index (κ1) is 19.7. The van der Waals surface area contributed by atoms with Crippen LogP contribution in [0.4, 0.5) is 0 Å². The largest absolute Gasteiger partial charge is 0.293 e. The molecular formula is C29H22N2O. The number of aryl methyl sites for hydroxylation is 1. The summed E-state index contributed by atoms with van der Waals surface area (Å²) in [5.74, 6) is 0.625. The minimum atomic E-state index is -0.238. The molecule has 0 unspecified atom stereocenters. The molecule has 0 spiro atoms. The number of para-hydroxylation sites is 1. The Hall–Kier alpha value is -4.24. The van der Waals surface area contributed by atoms with Crippen molar-refractivity contribution >= 4 is 0 Å². The smallest absolute Gasteiger partial charge is 0.281 e. The first-order valence-electron chi connectivity index (χ1n) is 10.6. The number of benzene rings is 4. The summed E-state index contributed by atoms with van der Waals surface area (Å²) in [5, 5.41) is 0. The highest BCUT2D eigenvalue weighted by Gasteiger charge is 2.21. The fourth-order valence-corrected chi connectivity index (χ4v) is 3.98. The molecule has 3 heteroatoms. The molecule has 0 aliphatic heterocycles. The average molecular weight is 415 g/mol. The van der Waals surface area contributed by atoms with Crippen LogP contribution in [0.1, 0.15) is 5.56 Å². The topological polar surface area (TPSA) is 34.9 Å². The summed E-state index contributed by atoms with van der Waals surface area (Å²) in [7, 11) is 0. The molecule has 0 aliphatic carbocycles. The fraction of sp³-hybridized carbons (Fsp3) is 0.0345. The van der Waals surface area contributed by atoms with E-state index in [1.807, 2.05) is 115 Å². The Kier molecular flexibility index (Phi) is 5.22. The molecule has 0 saturated carbocycles. The van der Waals surface area contributed by atoms with Gasteiger partial charge in [-0.3, -0.25) is 9.36 Å². The van der Waals surface area contributed by atoms with Crippen molar-refractivity contribution in [1.29, 1.82) is 0 Å². The van der Waals surface area contributed by atoms with Crippen molar-refractivity contribution in [2.45, 2.75) is 6.92 Å². The van der Waals surface area contributed by atoms with Gasteiger partial charge in [-0.2, -0.15) is 4.98 Å². The van der Waals surface area contributed by atoms with E-state index in [-0.39, 0.29) is 5.56 Å². The molecule has 0 N–H and O–H groups in total. The van der Waals surface area contributed by atoms with Gasteiger partial charge in [-0.05, 0) is 30.2 Å². The first-order valence-corrected chi connectivity index (χ1v) is 10.6. The maximum atomic E-state index is 13.5. The maximum Gasteiger partial charge on any atom is 0.281 e.